The minimum absolute atomic E-state index is 0.225. The molecule has 28 heavy (non-hydrogen) atoms. The first-order valence-corrected chi connectivity index (χ1v) is 9.15. The molecule has 0 amide bonds. The molecule has 152 valence electrons. The number of benzene rings is 2. The predicted octanol–water partition coefficient (Wildman–Crippen LogP) is 1.24. The fourth-order valence-electron chi connectivity index (χ4n) is 3.13. The van der Waals surface area contributed by atoms with E-state index in [1.807, 2.05) is 54.6 Å². The standard InChI is InChI=1S/C21H26O7/c1-25-16-9-7-15(8-10-16)13-26-19-17(11-22)28-21(24)18(23)20(19)27-12-14-5-3-2-4-6-14/h2-10,17-24H,11-13H2,1H3/t17-,18-,19-,20-,21-/m1/s1. The van der Waals surface area contributed by atoms with Crippen molar-refractivity contribution in [2.45, 2.75) is 43.9 Å². The first-order chi connectivity index (χ1) is 13.6. The largest absolute Gasteiger partial charge is 0.497 e. The Hall–Kier alpha value is -2.00. The normalized spacial score (nSPS) is 27.5. The summed E-state index contributed by atoms with van der Waals surface area (Å²) in [4.78, 5) is 0. The van der Waals surface area contributed by atoms with Crippen molar-refractivity contribution < 1.29 is 34.3 Å². The van der Waals surface area contributed by atoms with Gasteiger partial charge in [-0.2, -0.15) is 0 Å². The third kappa shape index (κ3) is 5.08. The fourth-order valence-corrected chi connectivity index (χ4v) is 3.13. The number of methoxy groups -OCH3 is 1. The summed E-state index contributed by atoms with van der Waals surface area (Å²) < 4.78 is 22.3. The smallest absolute Gasteiger partial charge is 0.184 e. The average Bonchev–Trinajstić information content (AvgIpc) is 2.74. The van der Waals surface area contributed by atoms with E-state index < -0.39 is 30.7 Å². The molecule has 1 saturated heterocycles. The van der Waals surface area contributed by atoms with Crippen LogP contribution in [0.4, 0.5) is 0 Å². The van der Waals surface area contributed by atoms with Gasteiger partial charge in [0.25, 0.3) is 0 Å². The van der Waals surface area contributed by atoms with Crippen molar-refractivity contribution in [3.63, 3.8) is 0 Å². The van der Waals surface area contributed by atoms with Crippen LogP contribution in [-0.2, 0) is 27.4 Å². The molecule has 0 aliphatic carbocycles. The molecule has 3 rings (SSSR count). The van der Waals surface area contributed by atoms with E-state index in [1.165, 1.54) is 0 Å². The second kappa shape index (κ2) is 9.97. The second-order valence-corrected chi connectivity index (χ2v) is 6.62. The molecular weight excluding hydrogens is 364 g/mol. The van der Waals surface area contributed by atoms with Crippen LogP contribution in [0.5, 0.6) is 5.75 Å². The van der Waals surface area contributed by atoms with Gasteiger partial charge in [0.1, 0.15) is 30.2 Å². The van der Waals surface area contributed by atoms with E-state index in [0.717, 1.165) is 16.9 Å². The van der Waals surface area contributed by atoms with Crippen molar-refractivity contribution >= 4 is 0 Å². The summed E-state index contributed by atoms with van der Waals surface area (Å²) in [5, 5.41) is 30.0. The van der Waals surface area contributed by atoms with Crippen molar-refractivity contribution in [1.29, 1.82) is 0 Å². The summed E-state index contributed by atoms with van der Waals surface area (Å²) in [7, 11) is 1.60. The predicted molar refractivity (Wildman–Crippen MR) is 101 cm³/mol. The summed E-state index contributed by atoms with van der Waals surface area (Å²) in [5.74, 6) is 0.737. The molecule has 1 aliphatic rings. The fraction of sp³-hybridized carbons (Fsp3) is 0.429. The molecule has 0 radical (unpaired) electrons. The van der Waals surface area contributed by atoms with Crippen LogP contribution in [0.1, 0.15) is 11.1 Å². The van der Waals surface area contributed by atoms with Crippen LogP contribution in [-0.4, -0.2) is 59.7 Å². The Morgan fingerprint density at radius 3 is 2.07 bits per heavy atom. The summed E-state index contributed by atoms with van der Waals surface area (Å²) in [6.07, 6.45) is -5.20. The second-order valence-electron chi connectivity index (χ2n) is 6.62. The van der Waals surface area contributed by atoms with E-state index in [2.05, 4.69) is 0 Å². The molecule has 1 heterocycles. The lowest BCUT2D eigenvalue weighted by Gasteiger charge is -2.42. The van der Waals surface area contributed by atoms with Crippen LogP contribution in [0.3, 0.4) is 0 Å². The van der Waals surface area contributed by atoms with Crippen molar-refractivity contribution in [1.82, 2.24) is 0 Å². The Labute approximate surface area is 164 Å². The maximum absolute atomic E-state index is 10.4. The van der Waals surface area contributed by atoms with E-state index in [0.29, 0.717) is 0 Å². The van der Waals surface area contributed by atoms with Gasteiger partial charge in [-0.25, -0.2) is 0 Å². The zero-order valence-corrected chi connectivity index (χ0v) is 15.7. The molecule has 3 N–H and O–H groups in total. The highest BCUT2D eigenvalue weighted by Gasteiger charge is 2.46. The Morgan fingerprint density at radius 2 is 1.46 bits per heavy atom. The Bertz CT molecular complexity index is 706. The van der Waals surface area contributed by atoms with Gasteiger partial charge in [-0.05, 0) is 23.3 Å². The molecule has 2 aromatic rings. The number of hydrogen-bond donors (Lipinski definition) is 3. The van der Waals surface area contributed by atoms with Gasteiger partial charge in [0.2, 0.25) is 0 Å². The molecule has 7 nitrogen and oxygen atoms in total. The molecule has 0 spiro atoms. The van der Waals surface area contributed by atoms with Crippen LogP contribution in [0.15, 0.2) is 54.6 Å². The summed E-state index contributed by atoms with van der Waals surface area (Å²) >= 11 is 0. The highest BCUT2D eigenvalue weighted by molar-refractivity contribution is 5.26. The topological polar surface area (TPSA) is 97.6 Å². The van der Waals surface area contributed by atoms with Gasteiger partial charge in [0.15, 0.2) is 6.29 Å². The van der Waals surface area contributed by atoms with Crippen molar-refractivity contribution in [3.05, 3.63) is 65.7 Å². The zero-order chi connectivity index (χ0) is 19.9. The maximum Gasteiger partial charge on any atom is 0.184 e. The molecule has 2 aromatic carbocycles. The number of aliphatic hydroxyl groups excluding tert-OH is 3. The van der Waals surface area contributed by atoms with Crippen molar-refractivity contribution in [2.24, 2.45) is 0 Å². The van der Waals surface area contributed by atoms with Gasteiger partial charge in [0.05, 0.1) is 26.9 Å². The number of ether oxygens (including phenoxy) is 4. The van der Waals surface area contributed by atoms with Crippen LogP contribution in [0, 0.1) is 0 Å². The third-order valence-electron chi connectivity index (χ3n) is 4.70. The van der Waals surface area contributed by atoms with Crippen molar-refractivity contribution in [2.75, 3.05) is 13.7 Å². The lowest BCUT2D eigenvalue weighted by molar-refractivity contribution is -0.305. The number of aliphatic hydroxyl groups is 3. The number of hydrogen-bond acceptors (Lipinski definition) is 7. The Balaban J connectivity index is 1.70. The van der Waals surface area contributed by atoms with Crippen LogP contribution < -0.4 is 4.74 Å². The lowest BCUT2D eigenvalue weighted by Crippen LogP contribution is -2.60. The Kier molecular flexibility index (Phi) is 7.38. The molecule has 0 bridgehead atoms. The first-order valence-electron chi connectivity index (χ1n) is 9.15. The molecular formula is C21H26O7. The molecule has 7 heteroatoms. The molecule has 0 unspecified atom stereocenters. The Morgan fingerprint density at radius 1 is 0.857 bits per heavy atom. The van der Waals surface area contributed by atoms with E-state index in [9.17, 15) is 15.3 Å². The lowest BCUT2D eigenvalue weighted by atomic mass is 9.98. The van der Waals surface area contributed by atoms with Crippen LogP contribution >= 0.6 is 0 Å². The zero-order valence-electron chi connectivity index (χ0n) is 15.7. The third-order valence-corrected chi connectivity index (χ3v) is 4.70. The molecule has 1 aliphatic heterocycles. The summed E-state index contributed by atoms with van der Waals surface area (Å²) in [6.45, 7) is 0.0839. The van der Waals surface area contributed by atoms with Crippen LogP contribution in [0.2, 0.25) is 0 Å². The molecule has 1 fully saturated rings. The van der Waals surface area contributed by atoms with Crippen molar-refractivity contribution in [3.8, 4) is 5.75 Å². The maximum atomic E-state index is 10.4. The quantitative estimate of drug-likeness (QED) is 0.624. The van der Waals surface area contributed by atoms with Gasteiger partial charge >= 0.3 is 0 Å². The minimum atomic E-state index is -1.46. The molecule has 0 aromatic heterocycles. The van der Waals surface area contributed by atoms with Gasteiger partial charge in [-0.3, -0.25) is 0 Å². The summed E-state index contributed by atoms with van der Waals surface area (Å²) in [5.41, 5.74) is 1.81. The highest BCUT2D eigenvalue weighted by Crippen LogP contribution is 2.27. The monoisotopic (exact) mass is 390 g/mol. The number of rotatable bonds is 8. The SMILES string of the molecule is COc1ccc(CO[C@H]2[C@H](OCc3ccccc3)[C@@H](O)[C@H](O)O[C@@H]2CO)cc1. The average molecular weight is 390 g/mol. The summed E-state index contributed by atoms with van der Waals surface area (Å²) in [6, 6.07) is 16.9. The van der Waals surface area contributed by atoms with Gasteiger partial charge in [-0.15, -0.1) is 0 Å². The van der Waals surface area contributed by atoms with E-state index >= 15 is 0 Å². The van der Waals surface area contributed by atoms with Gasteiger partial charge < -0.3 is 34.3 Å². The van der Waals surface area contributed by atoms with E-state index in [-0.39, 0.29) is 19.8 Å². The van der Waals surface area contributed by atoms with Gasteiger partial charge in [-0.1, -0.05) is 42.5 Å². The van der Waals surface area contributed by atoms with Gasteiger partial charge in [0, 0.05) is 0 Å². The van der Waals surface area contributed by atoms with Crippen LogP contribution in [0.25, 0.3) is 0 Å². The highest BCUT2D eigenvalue weighted by atomic mass is 16.7. The minimum Gasteiger partial charge on any atom is -0.497 e. The van der Waals surface area contributed by atoms with E-state index in [4.69, 9.17) is 18.9 Å². The molecule has 0 saturated carbocycles. The first kappa shape index (κ1) is 20.7. The molecule has 5 atom stereocenters. The van der Waals surface area contributed by atoms with E-state index in [1.54, 1.807) is 7.11 Å².